The number of carbonyl (C=O) groups excluding carboxylic acids is 2. The first-order valence-corrected chi connectivity index (χ1v) is 11.9. The van der Waals surface area contributed by atoms with Gasteiger partial charge in [-0.3, -0.25) is 9.69 Å². The summed E-state index contributed by atoms with van der Waals surface area (Å²) in [5.41, 5.74) is -4.95. The van der Waals surface area contributed by atoms with Gasteiger partial charge in [-0.05, 0) is 42.5 Å². The number of nitrogens with one attached hydrogen (secondary N) is 3. The predicted molar refractivity (Wildman–Crippen MR) is 134 cm³/mol. The average molecular weight is 578 g/mol. The fourth-order valence-electron chi connectivity index (χ4n) is 4.98. The van der Waals surface area contributed by atoms with Crippen molar-refractivity contribution < 1.29 is 36.6 Å². The maximum Gasteiger partial charge on any atom is 0.423 e. The molecule has 0 aliphatic carbocycles. The highest BCUT2D eigenvalue weighted by atomic mass is 35.5. The van der Waals surface area contributed by atoms with Crippen LogP contribution < -0.4 is 20.9 Å². The number of nitriles is 1. The molecule has 2 aliphatic rings. The van der Waals surface area contributed by atoms with Crippen LogP contribution in [0, 0.1) is 23.0 Å². The van der Waals surface area contributed by atoms with Gasteiger partial charge in [0.15, 0.2) is 0 Å². The Balaban J connectivity index is 1.64. The molecule has 2 atom stereocenters. The Bertz CT molecular complexity index is 1640. The molecule has 2 unspecified atom stereocenters. The van der Waals surface area contributed by atoms with E-state index in [2.05, 4.69) is 16.0 Å². The number of rotatable bonds is 3. The molecule has 8 nitrogen and oxygen atoms in total. The third kappa shape index (κ3) is 4.07. The summed E-state index contributed by atoms with van der Waals surface area (Å²) in [5.74, 6) is -2.48. The third-order valence-corrected chi connectivity index (χ3v) is 7.19. The number of aliphatic hydroxyl groups is 1. The van der Waals surface area contributed by atoms with Gasteiger partial charge in [-0.1, -0.05) is 11.6 Å². The topological polar surface area (TPSA) is 117 Å². The van der Waals surface area contributed by atoms with Gasteiger partial charge < -0.3 is 21.1 Å². The number of alkyl halides is 3. The summed E-state index contributed by atoms with van der Waals surface area (Å²) >= 11 is 6.27. The quantitative estimate of drug-likeness (QED) is 0.321. The van der Waals surface area contributed by atoms with E-state index in [1.807, 2.05) is 6.07 Å². The van der Waals surface area contributed by atoms with Crippen LogP contribution in [0.4, 0.5) is 43.8 Å². The van der Waals surface area contributed by atoms with E-state index in [0.29, 0.717) is 11.0 Å². The van der Waals surface area contributed by atoms with Gasteiger partial charge in [-0.2, -0.15) is 18.4 Å². The van der Waals surface area contributed by atoms with Crippen molar-refractivity contribution in [2.24, 2.45) is 0 Å². The van der Waals surface area contributed by atoms with Gasteiger partial charge in [-0.25, -0.2) is 13.6 Å². The van der Waals surface area contributed by atoms with Crippen molar-refractivity contribution in [3.05, 3.63) is 86.9 Å². The van der Waals surface area contributed by atoms with Crippen molar-refractivity contribution in [2.45, 2.75) is 17.8 Å². The summed E-state index contributed by atoms with van der Waals surface area (Å²) in [5, 5.41) is 28.1. The molecule has 3 amide bonds. The fraction of sp³-hybridized carbons (Fsp3) is 0.192. The van der Waals surface area contributed by atoms with E-state index in [1.54, 1.807) is 0 Å². The minimum absolute atomic E-state index is 0.0195. The van der Waals surface area contributed by atoms with Crippen molar-refractivity contribution in [1.29, 1.82) is 5.26 Å². The molecule has 14 heteroatoms. The summed E-state index contributed by atoms with van der Waals surface area (Å²) in [4.78, 5) is 27.1. The third-order valence-electron chi connectivity index (χ3n) is 6.85. The smallest absolute Gasteiger partial charge is 0.387 e. The van der Waals surface area contributed by atoms with E-state index in [1.165, 1.54) is 19.2 Å². The second kappa shape index (κ2) is 9.35. The molecular weight excluding hydrogens is 561 g/mol. The number of hydrogen-bond acceptors (Lipinski definition) is 5. The molecule has 0 saturated heterocycles. The summed E-state index contributed by atoms with van der Waals surface area (Å²) in [7, 11) is 1.44. The number of nitrogens with zero attached hydrogens (tertiary/aromatic N) is 2. The van der Waals surface area contributed by atoms with Crippen molar-refractivity contribution in [3.8, 4) is 6.07 Å². The highest BCUT2D eigenvalue weighted by Crippen LogP contribution is 2.49. The van der Waals surface area contributed by atoms with Crippen LogP contribution in [0.5, 0.6) is 0 Å². The van der Waals surface area contributed by atoms with Crippen LogP contribution in [0.15, 0.2) is 42.5 Å². The van der Waals surface area contributed by atoms with Gasteiger partial charge in [-0.15, -0.1) is 0 Å². The molecule has 206 valence electrons. The molecule has 3 aromatic carbocycles. The molecule has 0 spiro atoms. The lowest BCUT2D eigenvalue weighted by atomic mass is 9.92. The van der Waals surface area contributed by atoms with Crippen molar-refractivity contribution in [3.63, 3.8) is 0 Å². The van der Waals surface area contributed by atoms with Gasteiger partial charge in [0.05, 0.1) is 40.8 Å². The van der Waals surface area contributed by atoms with Gasteiger partial charge in [0.2, 0.25) is 5.60 Å². The van der Waals surface area contributed by atoms with E-state index >= 15 is 0 Å². The Morgan fingerprint density at radius 3 is 2.50 bits per heavy atom. The molecule has 0 radical (unpaired) electrons. The number of benzene rings is 3. The van der Waals surface area contributed by atoms with Crippen molar-refractivity contribution in [2.75, 3.05) is 29.1 Å². The van der Waals surface area contributed by atoms with Crippen LogP contribution in [-0.4, -0.2) is 36.8 Å². The van der Waals surface area contributed by atoms with Gasteiger partial charge in [0.1, 0.15) is 17.7 Å². The number of halogens is 6. The van der Waals surface area contributed by atoms with Gasteiger partial charge >= 0.3 is 12.2 Å². The van der Waals surface area contributed by atoms with Crippen LogP contribution in [0.25, 0.3) is 0 Å². The number of hydrogen-bond donors (Lipinski definition) is 4. The summed E-state index contributed by atoms with van der Waals surface area (Å²) in [6.45, 7) is -1.28. The van der Waals surface area contributed by atoms with Gasteiger partial charge in [0, 0.05) is 28.8 Å². The SMILES string of the molecule is CNc1cc(NC(=O)N2CC(O)(C(F)(F)F)c3cc(F)ccc32)c2c(c1C#N)C(=O)NC2c1cc(F)ccc1Cl. The fourth-order valence-corrected chi connectivity index (χ4v) is 5.20. The Morgan fingerprint density at radius 2 is 1.85 bits per heavy atom. The molecule has 0 fully saturated rings. The normalized spacial score (nSPS) is 19.5. The first-order valence-electron chi connectivity index (χ1n) is 11.5. The maximum absolute atomic E-state index is 14.1. The van der Waals surface area contributed by atoms with Gasteiger partial charge in [0.25, 0.3) is 5.91 Å². The molecular formula is C26H17ClF5N5O3. The molecule has 5 rings (SSSR count). The highest BCUT2D eigenvalue weighted by Gasteiger charge is 2.61. The number of β-amino-alcohol motifs (C(OH)–C–C–N with tert-alkyl or cyclic N) is 1. The summed E-state index contributed by atoms with van der Waals surface area (Å²) in [6, 6.07) is 6.55. The van der Waals surface area contributed by atoms with Crippen LogP contribution in [0.3, 0.4) is 0 Å². The summed E-state index contributed by atoms with van der Waals surface area (Å²) in [6.07, 6.45) is -5.25. The highest BCUT2D eigenvalue weighted by molar-refractivity contribution is 6.31. The first kappa shape index (κ1) is 27.2. The molecule has 0 bridgehead atoms. The lowest BCUT2D eigenvalue weighted by Crippen LogP contribution is -2.48. The second-order valence-corrected chi connectivity index (χ2v) is 9.51. The Labute approximate surface area is 228 Å². The summed E-state index contributed by atoms with van der Waals surface area (Å²) < 4.78 is 69.6. The van der Waals surface area contributed by atoms with Crippen LogP contribution >= 0.6 is 11.6 Å². The monoisotopic (exact) mass is 577 g/mol. The first-order chi connectivity index (χ1) is 18.8. The van der Waals surface area contributed by atoms with Crippen molar-refractivity contribution >= 4 is 40.6 Å². The van der Waals surface area contributed by atoms with E-state index in [9.17, 15) is 41.9 Å². The molecule has 2 heterocycles. The zero-order valence-electron chi connectivity index (χ0n) is 20.3. The lowest BCUT2D eigenvalue weighted by Gasteiger charge is -2.27. The Morgan fingerprint density at radius 1 is 1.18 bits per heavy atom. The van der Waals surface area contributed by atoms with Crippen molar-refractivity contribution in [1.82, 2.24) is 5.32 Å². The van der Waals surface area contributed by atoms with E-state index in [-0.39, 0.29) is 38.7 Å². The molecule has 0 saturated carbocycles. The second-order valence-electron chi connectivity index (χ2n) is 9.11. The van der Waals surface area contributed by atoms with Crippen LogP contribution in [0.2, 0.25) is 5.02 Å². The maximum atomic E-state index is 14.1. The Kier molecular flexibility index (Phi) is 6.35. The average Bonchev–Trinajstić information content (AvgIpc) is 3.40. The molecule has 2 aliphatic heterocycles. The molecule has 40 heavy (non-hydrogen) atoms. The largest absolute Gasteiger partial charge is 0.423 e. The number of anilines is 3. The minimum Gasteiger partial charge on any atom is -0.387 e. The number of fused-ring (bicyclic) bond motifs is 2. The molecule has 3 aromatic rings. The lowest BCUT2D eigenvalue weighted by molar-refractivity contribution is -0.258. The standard InChI is InChI=1S/C26H17ClF5N5O3/c1-34-17-8-18(21-20(14(17)9-33)23(38)36-22(21)13-6-11(28)2-4-16(13)27)35-24(39)37-10-25(40,26(30,31)32)15-7-12(29)3-5-19(15)37/h2-8,22,34,40H,10H2,1H3,(H,35,39)(H,36,38). The predicted octanol–water partition coefficient (Wildman–Crippen LogP) is 5.17. The number of urea groups is 1. The zero-order valence-corrected chi connectivity index (χ0v) is 21.0. The minimum atomic E-state index is -5.25. The van der Waals surface area contributed by atoms with E-state index in [4.69, 9.17) is 11.6 Å². The van der Waals surface area contributed by atoms with E-state index < -0.39 is 59.2 Å². The number of amides is 3. The Hall–Kier alpha value is -4.41. The molecule has 4 N–H and O–H groups in total. The zero-order chi connectivity index (χ0) is 29.1. The molecule has 0 aromatic heterocycles. The van der Waals surface area contributed by atoms with E-state index in [0.717, 1.165) is 24.3 Å². The van der Waals surface area contributed by atoms with Crippen LogP contribution in [-0.2, 0) is 5.60 Å². The van der Waals surface area contributed by atoms with Crippen LogP contribution in [0.1, 0.15) is 38.7 Å². The number of carbonyl (C=O) groups is 2.